The van der Waals surface area contributed by atoms with Crippen LogP contribution in [0.3, 0.4) is 0 Å². The van der Waals surface area contributed by atoms with Crippen molar-refractivity contribution in [3.05, 3.63) is 29.8 Å². The van der Waals surface area contributed by atoms with Gasteiger partial charge in [0.1, 0.15) is 5.75 Å². The second-order valence-electron chi connectivity index (χ2n) is 3.22. The molecule has 0 fully saturated rings. The average Bonchev–Trinajstić information content (AvgIpc) is 2.26. The van der Waals surface area contributed by atoms with Crippen LogP contribution < -0.4 is 5.32 Å². The Labute approximate surface area is 93.0 Å². The number of phenolic OH excluding ortho intramolecular Hbond substituents is 1. The van der Waals surface area contributed by atoms with Crippen LogP contribution in [0.15, 0.2) is 24.3 Å². The maximum atomic E-state index is 11.5. The lowest BCUT2D eigenvalue weighted by molar-refractivity contribution is -0.145. The van der Waals surface area contributed by atoms with Crippen LogP contribution in [0.4, 0.5) is 0 Å². The van der Waals surface area contributed by atoms with E-state index in [2.05, 4.69) is 10.1 Å². The third kappa shape index (κ3) is 2.73. The van der Waals surface area contributed by atoms with Gasteiger partial charge in [0, 0.05) is 12.5 Å². The maximum Gasteiger partial charge on any atom is 0.333 e. The van der Waals surface area contributed by atoms with Gasteiger partial charge in [-0.25, -0.2) is 4.79 Å². The molecular weight excluding hydrogens is 210 g/mol. The number of hydrogen-bond acceptors (Lipinski definition) is 4. The van der Waals surface area contributed by atoms with Crippen LogP contribution in [0.2, 0.25) is 0 Å². The summed E-state index contributed by atoms with van der Waals surface area (Å²) >= 11 is 0. The topological polar surface area (TPSA) is 75.6 Å². The number of carbonyl (C=O) groups excluding carboxylic acids is 2. The second-order valence-corrected chi connectivity index (χ2v) is 3.22. The molecule has 5 nitrogen and oxygen atoms in total. The molecule has 1 rings (SSSR count). The van der Waals surface area contributed by atoms with Crippen molar-refractivity contribution in [1.82, 2.24) is 5.32 Å². The maximum absolute atomic E-state index is 11.5. The lowest BCUT2D eigenvalue weighted by atomic mass is 10.1. The molecule has 0 saturated heterocycles. The number of ether oxygens (including phenoxy) is 1. The Morgan fingerprint density at radius 2 is 2.00 bits per heavy atom. The minimum atomic E-state index is -0.983. The summed E-state index contributed by atoms with van der Waals surface area (Å²) in [5, 5.41) is 12.0. The average molecular weight is 223 g/mol. The second kappa shape index (κ2) is 5.16. The summed E-state index contributed by atoms with van der Waals surface area (Å²) in [6.45, 7) is 1.29. The van der Waals surface area contributed by atoms with E-state index in [0.29, 0.717) is 5.56 Å². The molecule has 5 heteroatoms. The van der Waals surface area contributed by atoms with Crippen LogP contribution in [0, 0.1) is 0 Å². The van der Waals surface area contributed by atoms with Crippen LogP contribution >= 0.6 is 0 Å². The lowest BCUT2D eigenvalue weighted by Gasteiger charge is -2.16. The summed E-state index contributed by atoms with van der Waals surface area (Å²) in [4.78, 5) is 22.4. The smallest absolute Gasteiger partial charge is 0.333 e. The first-order valence-electron chi connectivity index (χ1n) is 4.69. The molecule has 0 aliphatic heterocycles. The number of amides is 1. The zero-order valence-corrected chi connectivity index (χ0v) is 9.06. The van der Waals surface area contributed by atoms with Crippen LogP contribution in [-0.2, 0) is 14.3 Å². The molecule has 0 saturated carbocycles. The van der Waals surface area contributed by atoms with Gasteiger partial charge in [-0.15, -0.1) is 0 Å². The van der Waals surface area contributed by atoms with E-state index >= 15 is 0 Å². The van der Waals surface area contributed by atoms with E-state index in [-0.39, 0.29) is 11.7 Å². The molecule has 1 atom stereocenters. The van der Waals surface area contributed by atoms with Crippen LogP contribution in [0.1, 0.15) is 18.5 Å². The molecule has 1 amide bonds. The number of para-hydroxylation sites is 1. The van der Waals surface area contributed by atoms with Gasteiger partial charge in [0.05, 0.1) is 7.11 Å². The Morgan fingerprint density at radius 3 is 2.50 bits per heavy atom. The van der Waals surface area contributed by atoms with Crippen molar-refractivity contribution in [2.45, 2.75) is 13.0 Å². The molecular formula is C11H13NO4. The minimum absolute atomic E-state index is 0.0633. The third-order valence-corrected chi connectivity index (χ3v) is 2.03. The monoisotopic (exact) mass is 223 g/mol. The standard InChI is InChI=1S/C11H13NO4/c1-7(13)12-10(11(15)16-2)8-5-3-4-6-9(8)14/h3-6,10,14H,1-2H3,(H,12,13). The molecule has 1 unspecified atom stereocenters. The highest BCUT2D eigenvalue weighted by molar-refractivity contribution is 5.84. The SMILES string of the molecule is COC(=O)C(NC(C)=O)c1ccccc1O. The van der Waals surface area contributed by atoms with Crippen LogP contribution in [0.25, 0.3) is 0 Å². The summed E-state index contributed by atoms with van der Waals surface area (Å²) in [6.07, 6.45) is 0. The normalized spacial score (nSPS) is 11.6. The molecule has 1 aromatic carbocycles. The number of aromatic hydroxyl groups is 1. The van der Waals surface area contributed by atoms with Gasteiger partial charge >= 0.3 is 5.97 Å². The van der Waals surface area contributed by atoms with Crippen molar-refractivity contribution in [3.63, 3.8) is 0 Å². The van der Waals surface area contributed by atoms with Crippen LogP contribution in [0.5, 0.6) is 5.75 Å². The fraction of sp³-hybridized carbons (Fsp3) is 0.273. The summed E-state index contributed by atoms with van der Waals surface area (Å²) in [5.74, 6) is -1.07. The highest BCUT2D eigenvalue weighted by Crippen LogP contribution is 2.24. The number of esters is 1. The number of methoxy groups -OCH3 is 1. The quantitative estimate of drug-likeness (QED) is 0.741. The van der Waals surface area contributed by atoms with Crippen molar-refractivity contribution in [2.24, 2.45) is 0 Å². The number of rotatable bonds is 3. The zero-order valence-electron chi connectivity index (χ0n) is 9.06. The Bertz CT molecular complexity index is 403. The highest BCUT2D eigenvalue weighted by atomic mass is 16.5. The third-order valence-electron chi connectivity index (χ3n) is 2.03. The van der Waals surface area contributed by atoms with Crippen molar-refractivity contribution >= 4 is 11.9 Å². The van der Waals surface area contributed by atoms with E-state index in [1.165, 1.54) is 20.1 Å². The number of nitrogens with one attached hydrogen (secondary N) is 1. The van der Waals surface area contributed by atoms with E-state index in [1.807, 2.05) is 0 Å². The number of phenols is 1. The number of hydrogen-bond donors (Lipinski definition) is 2. The Hall–Kier alpha value is -2.04. The van der Waals surface area contributed by atoms with Gasteiger partial charge in [0.2, 0.25) is 5.91 Å². The van der Waals surface area contributed by atoms with Gasteiger partial charge in [-0.3, -0.25) is 4.79 Å². The molecule has 0 aliphatic carbocycles. The lowest BCUT2D eigenvalue weighted by Crippen LogP contribution is -2.32. The van der Waals surface area contributed by atoms with E-state index in [9.17, 15) is 14.7 Å². The molecule has 1 aromatic rings. The number of carbonyl (C=O) groups is 2. The minimum Gasteiger partial charge on any atom is -0.508 e. The molecule has 2 N–H and O–H groups in total. The Morgan fingerprint density at radius 1 is 1.38 bits per heavy atom. The van der Waals surface area contributed by atoms with Gasteiger partial charge in [-0.1, -0.05) is 18.2 Å². The van der Waals surface area contributed by atoms with Gasteiger partial charge < -0.3 is 15.2 Å². The summed E-state index contributed by atoms with van der Waals surface area (Å²) < 4.78 is 4.56. The largest absolute Gasteiger partial charge is 0.508 e. The Balaban J connectivity index is 3.06. The van der Waals surface area contributed by atoms with E-state index in [0.717, 1.165) is 0 Å². The first-order chi connectivity index (χ1) is 7.56. The molecule has 86 valence electrons. The van der Waals surface area contributed by atoms with Gasteiger partial charge in [-0.05, 0) is 6.07 Å². The molecule has 0 aromatic heterocycles. The van der Waals surface area contributed by atoms with Gasteiger partial charge in [0.25, 0.3) is 0 Å². The van der Waals surface area contributed by atoms with Crippen molar-refractivity contribution < 1.29 is 19.4 Å². The van der Waals surface area contributed by atoms with Crippen molar-refractivity contribution in [2.75, 3.05) is 7.11 Å². The van der Waals surface area contributed by atoms with E-state index in [4.69, 9.17) is 0 Å². The van der Waals surface area contributed by atoms with Crippen molar-refractivity contribution in [3.8, 4) is 5.75 Å². The predicted octanol–water partition coefficient (Wildman–Crippen LogP) is 0.742. The fourth-order valence-corrected chi connectivity index (χ4v) is 1.32. The fourth-order valence-electron chi connectivity index (χ4n) is 1.32. The van der Waals surface area contributed by atoms with Crippen LogP contribution in [-0.4, -0.2) is 24.1 Å². The molecule has 0 radical (unpaired) electrons. The van der Waals surface area contributed by atoms with Crippen molar-refractivity contribution in [1.29, 1.82) is 0 Å². The van der Waals surface area contributed by atoms with Gasteiger partial charge in [-0.2, -0.15) is 0 Å². The van der Waals surface area contributed by atoms with E-state index < -0.39 is 12.0 Å². The summed E-state index contributed by atoms with van der Waals surface area (Å²) in [6, 6.07) is 5.29. The highest BCUT2D eigenvalue weighted by Gasteiger charge is 2.24. The molecule has 16 heavy (non-hydrogen) atoms. The van der Waals surface area contributed by atoms with E-state index in [1.54, 1.807) is 18.2 Å². The zero-order chi connectivity index (χ0) is 12.1. The molecule has 0 aliphatic rings. The van der Waals surface area contributed by atoms with Gasteiger partial charge in [0.15, 0.2) is 6.04 Å². The summed E-state index contributed by atoms with van der Waals surface area (Å²) in [7, 11) is 1.22. The Kier molecular flexibility index (Phi) is 3.88. The predicted molar refractivity (Wildman–Crippen MR) is 56.7 cm³/mol. The molecule has 0 spiro atoms. The summed E-state index contributed by atoms with van der Waals surface area (Å²) in [5.41, 5.74) is 0.310. The number of benzene rings is 1. The first-order valence-corrected chi connectivity index (χ1v) is 4.69. The molecule has 0 bridgehead atoms. The first kappa shape index (κ1) is 12.0. The molecule has 0 heterocycles.